The molecule has 0 unspecified atom stereocenters. The average molecular weight is 720 g/mol. The van der Waals surface area contributed by atoms with Crippen LogP contribution in [0.4, 0.5) is 4.39 Å². The molecule has 2 aromatic carbocycles. The Balaban J connectivity index is 1.12. The monoisotopic (exact) mass is 718 g/mol. The van der Waals surface area contributed by atoms with E-state index in [1.165, 1.54) is 13.2 Å². The average Bonchev–Trinajstić information content (AvgIpc) is 3.70. The fourth-order valence-corrected chi connectivity index (χ4v) is 7.88. The molecule has 0 saturated carbocycles. The number of pyridine rings is 2. The SMILES string of the molecule is COc1cc(-c2nccc(-c3cccc(-c4ccc(CNC[C@H]5CCC(=O)N5)c(OC)n4)c3Cl)c2Cl)cc(F)c1CN1CC2(CNC(=O)C2)C1. The Hall–Kier alpha value is -4.29. The van der Waals surface area contributed by atoms with Crippen molar-refractivity contribution in [3.63, 3.8) is 0 Å². The predicted octanol–water partition coefficient (Wildman–Crippen LogP) is 5.63. The van der Waals surface area contributed by atoms with E-state index in [1.807, 2.05) is 30.3 Å². The number of benzene rings is 2. The van der Waals surface area contributed by atoms with Crippen LogP contribution in [0.1, 0.15) is 30.4 Å². The second-order valence-corrected chi connectivity index (χ2v) is 14.0. The van der Waals surface area contributed by atoms with Crippen LogP contribution in [-0.2, 0) is 22.7 Å². The molecule has 2 amide bonds. The minimum absolute atomic E-state index is 0.0585. The molecule has 13 heteroatoms. The standard InChI is InChI=1S/C37H37Cl2FN6O4/c1-49-30-13-22(12-28(40)27(30)17-46-19-37(20-46)14-32(48)43-18-37)35-34(39)25(10-11-42-35)24-4-3-5-26(33(24)38)29-8-6-21(36(45-29)50-2)15-41-16-23-7-9-31(47)44-23/h3-6,8,10-13,23,41H,7,9,14-20H2,1-2H3,(H,43,48)(H,44,47)/t23-/m1/s1. The summed E-state index contributed by atoms with van der Waals surface area (Å²) >= 11 is 14.1. The van der Waals surface area contributed by atoms with Crippen molar-refractivity contribution in [3.05, 3.63) is 81.7 Å². The van der Waals surface area contributed by atoms with Gasteiger partial charge in [0.1, 0.15) is 11.6 Å². The summed E-state index contributed by atoms with van der Waals surface area (Å²) in [7, 11) is 3.09. The Morgan fingerprint density at radius 1 is 1.02 bits per heavy atom. The molecule has 260 valence electrons. The molecule has 0 bridgehead atoms. The number of hydrogen-bond donors (Lipinski definition) is 3. The molecule has 7 rings (SSSR count). The molecule has 1 atom stereocenters. The van der Waals surface area contributed by atoms with E-state index in [0.717, 1.165) is 25.1 Å². The number of rotatable bonds is 11. The first-order chi connectivity index (χ1) is 24.2. The zero-order chi connectivity index (χ0) is 35.0. The van der Waals surface area contributed by atoms with E-state index >= 15 is 4.39 Å². The van der Waals surface area contributed by atoms with Crippen molar-refractivity contribution >= 4 is 35.0 Å². The number of carbonyl (C=O) groups is 2. The van der Waals surface area contributed by atoms with Crippen LogP contribution >= 0.6 is 23.2 Å². The lowest BCUT2D eigenvalue weighted by molar-refractivity contribution is -0.121. The van der Waals surface area contributed by atoms with Gasteiger partial charge in [-0.25, -0.2) is 9.37 Å². The Morgan fingerprint density at radius 3 is 2.54 bits per heavy atom. The van der Waals surface area contributed by atoms with E-state index < -0.39 is 5.82 Å². The highest BCUT2D eigenvalue weighted by Gasteiger charge is 2.48. The summed E-state index contributed by atoms with van der Waals surface area (Å²) in [5, 5.41) is 9.99. The number of amides is 2. The Bertz CT molecular complexity index is 1970. The molecule has 2 aromatic heterocycles. The number of nitrogens with one attached hydrogen (secondary N) is 3. The molecule has 3 N–H and O–H groups in total. The third-order valence-corrected chi connectivity index (χ3v) is 10.5. The second-order valence-electron chi connectivity index (χ2n) is 13.2. The van der Waals surface area contributed by atoms with Gasteiger partial charge in [0.25, 0.3) is 0 Å². The lowest BCUT2D eigenvalue weighted by atomic mass is 9.79. The molecular formula is C37H37Cl2FN6O4. The summed E-state index contributed by atoms with van der Waals surface area (Å²) < 4.78 is 27.0. The van der Waals surface area contributed by atoms with Gasteiger partial charge in [-0.3, -0.25) is 19.5 Å². The molecule has 1 spiro atoms. The van der Waals surface area contributed by atoms with Gasteiger partial charge < -0.3 is 25.4 Å². The number of likely N-dealkylation sites (tertiary alicyclic amines) is 1. The van der Waals surface area contributed by atoms with E-state index in [1.54, 1.807) is 25.4 Å². The molecule has 3 saturated heterocycles. The lowest BCUT2D eigenvalue weighted by Crippen LogP contribution is -2.56. The summed E-state index contributed by atoms with van der Waals surface area (Å²) in [5.74, 6) is 0.596. The van der Waals surface area contributed by atoms with E-state index in [-0.39, 0.29) is 23.3 Å². The first-order valence-electron chi connectivity index (χ1n) is 16.5. The van der Waals surface area contributed by atoms with E-state index in [9.17, 15) is 9.59 Å². The number of carbonyl (C=O) groups excluding carboxylic acids is 2. The van der Waals surface area contributed by atoms with Crippen LogP contribution < -0.4 is 25.4 Å². The minimum Gasteiger partial charge on any atom is -0.496 e. The zero-order valence-electron chi connectivity index (χ0n) is 27.7. The zero-order valence-corrected chi connectivity index (χ0v) is 29.3. The van der Waals surface area contributed by atoms with Gasteiger partial charge in [-0.15, -0.1) is 0 Å². The van der Waals surface area contributed by atoms with Gasteiger partial charge in [-0.2, -0.15) is 0 Å². The van der Waals surface area contributed by atoms with Gasteiger partial charge >= 0.3 is 0 Å². The normalized spacial score (nSPS) is 18.2. The van der Waals surface area contributed by atoms with Gasteiger partial charge in [0.2, 0.25) is 17.7 Å². The van der Waals surface area contributed by atoms with Gasteiger partial charge in [0, 0.05) is 103 Å². The quantitative estimate of drug-likeness (QED) is 0.183. The topological polar surface area (TPSA) is 118 Å². The van der Waals surface area contributed by atoms with Crippen LogP contribution in [-0.4, -0.2) is 73.1 Å². The molecular weight excluding hydrogens is 682 g/mol. The predicted molar refractivity (Wildman–Crippen MR) is 190 cm³/mol. The van der Waals surface area contributed by atoms with Crippen LogP contribution in [0.25, 0.3) is 33.6 Å². The van der Waals surface area contributed by atoms with Crippen molar-refractivity contribution in [2.24, 2.45) is 5.41 Å². The van der Waals surface area contributed by atoms with Crippen LogP contribution in [0.5, 0.6) is 11.6 Å². The highest BCUT2D eigenvalue weighted by Crippen LogP contribution is 2.43. The maximum Gasteiger partial charge on any atom is 0.220 e. The van der Waals surface area contributed by atoms with Crippen LogP contribution in [0.2, 0.25) is 10.0 Å². The fraction of sp³-hybridized carbons (Fsp3) is 0.351. The van der Waals surface area contributed by atoms with Gasteiger partial charge in [0.05, 0.1) is 35.7 Å². The van der Waals surface area contributed by atoms with Crippen molar-refractivity contribution in [2.45, 2.75) is 38.4 Å². The van der Waals surface area contributed by atoms with Gasteiger partial charge in [-0.05, 0) is 30.7 Å². The van der Waals surface area contributed by atoms with Gasteiger partial charge in [0.15, 0.2) is 0 Å². The van der Waals surface area contributed by atoms with Crippen molar-refractivity contribution in [1.82, 2.24) is 30.8 Å². The summed E-state index contributed by atoms with van der Waals surface area (Å²) in [6, 6.07) is 14.5. The fourth-order valence-electron chi connectivity index (χ4n) is 7.23. The molecule has 10 nitrogen and oxygen atoms in total. The number of methoxy groups -OCH3 is 2. The summed E-state index contributed by atoms with van der Waals surface area (Å²) in [4.78, 5) is 34.6. The van der Waals surface area contributed by atoms with Crippen molar-refractivity contribution in [2.75, 3.05) is 40.4 Å². The molecule has 0 radical (unpaired) electrons. The molecule has 3 fully saturated rings. The molecule has 5 heterocycles. The third-order valence-electron chi connectivity index (χ3n) is 9.72. The highest BCUT2D eigenvalue weighted by molar-refractivity contribution is 6.39. The summed E-state index contributed by atoms with van der Waals surface area (Å²) in [5.41, 5.74) is 4.73. The number of hydrogen-bond acceptors (Lipinski definition) is 8. The van der Waals surface area contributed by atoms with Crippen LogP contribution in [0.3, 0.4) is 0 Å². The lowest BCUT2D eigenvalue weighted by Gasteiger charge is -2.47. The molecule has 0 aliphatic carbocycles. The van der Waals surface area contributed by atoms with Gasteiger partial charge in [-0.1, -0.05) is 47.5 Å². The maximum absolute atomic E-state index is 15.7. The molecule has 50 heavy (non-hydrogen) atoms. The van der Waals surface area contributed by atoms with Crippen LogP contribution in [0.15, 0.2) is 54.7 Å². The number of aromatic nitrogens is 2. The van der Waals surface area contributed by atoms with E-state index in [4.69, 9.17) is 37.7 Å². The number of halogens is 3. The molecule has 3 aliphatic heterocycles. The minimum atomic E-state index is -0.423. The van der Waals surface area contributed by atoms with Crippen LogP contribution in [0, 0.1) is 11.2 Å². The Kier molecular flexibility index (Phi) is 9.67. The van der Waals surface area contributed by atoms with Crippen molar-refractivity contribution in [1.29, 1.82) is 0 Å². The molecule has 4 aromatic rings. The summed E-state index contributed by atoms with van der Waals surface area (Å²) in [6.07, 6.45) is 3.50. The Morgan fingerprint density at radius 2 is 1.82 bits per heavy atom. The number of ether oxygens (including phenoxy) is 2. The maximum atomic E-state index is 15.7. The summed E-state index contributed by atoms with van der Waals surface area (Å²) in [6.45, 7) is 3.65. The second kappa shape index (κ2) is 14.1. The first kappa shape index (κ1) is 34.2. The Labute approximate surface area is 299 Å². The van der Waals surface area contributed by atoms with E-state index in [0.29, 0.717) is 99.9 Å². The van der Waals surface area contributed by atoms with Crippen molar-refractivity contribution in [3.8, 4) is 45.3 Å². The largest absolute Gasteiger partial charge is 0.496 e. The molecule has 3 aliphatic rings. The third kappa shape index (κ3) is 6.75. The highest BCUT2D eigenvalue weighted by atomic mass is 35.5. The van der Waals surface area contributed by atoms with E-state index in [2.05, 4.69) is 25.8 Å². The first-order valence-corrected chi connectivity index (χ1v) is 17.3. The smallest absolute Gasteiger partial charge is 0.220 e. The van der Waals surface area contributed by atoms with Crippen molar-refractivity contribution < 1.29 is 23.5 Å². The number of nitrogens with zero attached hydrogens (tertiary/aromatic N) is 3.